The van der Waals surface area contributed by atoms with Crippen LogP contribution in [0.25, 0.3) is 0 Å². The molecule has 1 aromatic carbocycles. The molecule has 0 fully saturated rings. The molecule has 0 aliphatic carbocycles. The Morgan fingerprint density at radius 3 is 2.67 bits per heavy atom. The number of aryl methyl sites for hydroxylation is 1. The Labute approximate surface area is 102 Å². The van der Waals surface area contributed by atoms with Crippen molar-refractivity contribution in [2.45, 2.75) is 32.9 Å². The van der Waals surface area contributed by atoms with Crippen molar-refractivity contribution >= 4 is 23.2 Å². The van der Waals surface area contributed by atoms with Crippen LogP contribution in [0.15, 0.2) is 18.2 Å². The maximum Gasteiger partial charge on any atom is 0.0453 e. The van der Waals surface area contributed by atoms with Gasteiger partial charge in [-0.05, 0) is 30.5 Å². The zero-order valence-corrected chi connectivity index (χ0v) is 10.7. The van der Waals surface area contributed by atoms with Crippen LogP contribution in [-0.4, -0.2) is 11.9 Å². The second kappa shape index (κ2) is 6.37. The maximum atomic E-state index is 6.13. The average Bonchev–Trinajstić information content (AvgIpc) is 2.22. The zero-order chi connectivity index (χ0) is 11.3. The summed E-state index contributed by atoms with van der Waals surface area (Å²) in [5.74, 6) is 0.639. The summed E-state index contributed by atoms with van der Waals surface area (Å²) in [4.78, 5) is 0. The number of hydrogen-bond acceptors (Lipinski definition) is 1. The average molecular weight is 246 g/mol. The first-order chi connectivity index (χ1) is 7.17. The molecule has 15 heavy (non-hydrogen) atoms. The molecule has 1 atom stereocenters. The van der Waals surface area contributed by atoms with Gasteiger partial charge in [0.2, 0.25) is 0 Å². The van der Waals surface area contributed by atoms with Gasteiger partial charge in [-0.25, -0.2) is 0 Å². The van der Waals surface area contributed by atoms with E-state index >= 15 is 0 Å². The minimum atomic E-state index is 0.365. The van der Waals surface area contributed by atoms with E-state index in [4.69, 9.17) is 23.2 Å². The van der Waals surface area contributed by atoms with Gasteiger partial charge in [0.05, 0.1) is 0 Å². The summed E-state index contributed by atoms with van der Waals surface area (Å²) in [6, 6.07) is 6.49. The van der Waals surface area contributed by atoms with E-state index in [2.05, 4.69) is 24.4 Å². The molecule has 0 heterocycles. The lowest BCUT2D eigenvalue weighted by Gasteiger charge is -2.14. The predicted molar refractivity (Wildman–Crippen MR) is 67.8 cm³/mol. The molecule has 1 unspecified atom stereocenters. The highest BCUT2D eigenvalue weighted by Crippen LogP contribution is 2.17. The molecular formula is C12H17Cl2N. The minimum absolute atomic E-state index is 0.365. The maximum absolute atomic E-state index is 6.13. The van der Waals surface area contributed by atoms with Crippen LogP contribution in [0.4, 0.5) is 0 Å². The molecule has 0 radical (unpaired) electrons. The summed E-state index contributed by atoms with van der Waals surface area (Å²) in [5.41, 5.74) is 2.32. The molecule has 3 heteroatoms. The molecule has 0 saturated heterocycles. The molecule has 1 aromatic rings. The second-order valence-corrected chi connectivity index (χ2v) is 4.45. The van der Waals surface area contributed by atoms with E-state index in [9.17, 15) is 0 Å². The Bertz CT molecular complexity index is 308. The third-order valence-corrected chi connectivity index (χ3v) is 3.19. The fourth-order valence-corrected chi connectivity index (χ4v) is 1.99. The molecule has 84 valence electrons. The Kier molecular flexibility index (Phi) is 5.44. The van der Waals surface area contributed by atoms with E-state index in [-0.39, 0.29) is 0 Å². The van der Waals surface area contributed by atoms with E-state index in [1.807, 2.05) is 13.0 Å². The van der Waals surface area contributed by atoms with Gasteiger partial charge in [0, 0.05) is 23.5 Å². The van der Waals surface area contributed by atoms with Crippen molar-refractivity contribution < 1.29 is 0 Å². The normalized spacial score (nSPS) is 12.8. The van der Waals surface area contributed by atoms with E-state index in [0.29, 0.717) is 11.9 Å². The van der Waals surface area contributed by atoms with Gasteiger partial charge in [-0.1, -0.05) is 30.7 Å². The van der Waals surface area contributed by atoms with Crippen molar-refractivity contribution in [3.05, 3.63) is 34.3 Å². The zero-order valence-electron chi connectivity index (χ0n) is 9.19. The number of benzene rings is 1. The SMILES string of the molecule is CCC(CCl)NCc1ccc(C)cc1Cl. The lowest BCUT2D eigenvalue weighted by molar-refractivity contribution is 0.539. The van der Waals surface area contributed by atoms with E-state index in [0.717, 1.165) is 23.6 Å². The quantitative estimate of drug-likeness (QED) is 0.780. The number of halogens is 2. The van der Waals surface area contributed by atoms with Crippen molar-refractivity contribution in [2.24, 2.45) is 0 Å². The van der Waals surface area contributed by atoms with Crippen LogP contribution in [0.2, 0.25) is 5.02 Å². The molecule has 0 saturated carbocycles. The number of hydrogen-bond donors (Lipinski definition) is 1. The lowest BCUT2D eigenvalue weighted by atomic mass is 10.1. The van der Waals surface area contributed by atoms with Crippen LogP contribution in [-0.2, 0) is 6.54 Å². The number of alkyl halides is 1. The highest BCUT2D eigenvalue weighted by Gasteiger charge is 2.05. The Balaban J connectivity index is 2.57. The third kappa shape index (κ3) is 4.02. The first-order valence-electron chi connectivity index (χ1n) is 5.21. The lowest BCUT2D eigenvalue weighted by Crippen LogP contribution is -2.29. The first kappa shape index (κ1) is 12.8. The van der Waals surface area contributed by atoms with Gasteiger partial charge >= 0.3 is 0 Å². The van der Waals surface area contributed by atoms with Crippen LogP contribution in [0.3, 0.4) is 0 Å². The van der Waals surface area contributed by atoms with Gasteiger partial charge in [0.25, 0.3) is 0 Å². The summed E-state index contributed by atoms with van der Waals surface area (Å²) in [7, 11) is 0. The molecule has 0 aliphatic rings. The fraction of sp³-hybridized carbons (Fsp3) is 0.500. The highest BCUT2D eigenvalue weighted by atomic mass is 35.5. The minimum Gasteiger partial charge on any atom is -0.309 e. The van der Waals surface area contributed by atoms with Gasteiger partial charge < -0.3 is 5.32 Å². The Hall–Kier alpha value is -0.240. The molecule has 1 rings (SSSR count). The van der Waals surface area contributed by atoms with Crippen molar-refractivity contribution in [2.75, 3.05) is 5.88 Å². The Morgan fingerprint density at radius 1 is 1.40 bits per heavy atom. The monoisotopic (exact) mass is 245 g/mol. The summed E-state index contributed by atoms with van der Waals surface area (Å²) < 4.78 is 0. The molecule has 1 nitrogen and oxygen atoms in total. The molecule has 0 aromatic heterocycles. The Morgan fingerprint density at radius 2 is 2.13 bits per heavy atom. The largest absolute Gasteiger partial charge is 0.309 e. The molecular weight excluding hydrogens is 229 g/mol. The van der Waals surface area contributed by atoms with E-state index in [1.165, 1.54) is 5.56 Å². The third-order valence-electron chi connectivity index (χ3n) is 2.47. The van der Waals surface area contributed by atoms with Crippen LogP contribution >= 0.6 is 23.2 Å². The standard InChI is InChI=1S/C12H17Cl2N/c1-3-11(7-13)15-8-10-5-4-9(2)6-12(10)14/h4-6,11,15H,3,7-8H2,1-2H3. The first-order valence-corrected chi connectivity index (χ1v) is 6.13. The molecule has 0 amide bonds. The van der Waals surface area contributed by atoms with E-state index < -0.39 is 0 Å². The fourth-order valence-electron chi connectivity index (χ4n) is 1.36. The van der Waals surface area contributed by atoms with Crippen molar-refractivity contribution in [3.8, 4) is 0 Å². The summed E-state index contributed by atoms with van der Waals surface area (Å²) in [6.07, 6.45) is 1.03. The summed E-state index contributed by atoms with van der Waals surface area (Å²) in [6.45, 7) is 4.94. The number of nitrogens with one attached hydrogen (secondary N) is 1. The van der Waals surface area contributed by atoms with Gasteiger partial charge in [-0.3, -0.25) is 0 Å². The molecule has 0 bridgehead atoms. The van der Waals surface area contributed by atoms with Gasteiger partial charge in [0.1, 0.15) is 0 Å². The smallest absolute Gasteiger partial charge is 0.0453 e. The topological polar surface area (TPSA) is 12.0 Å². The molecule has 1 N–H and O–H groups in total. The second-order valence-electron chi connectivity index (χ2n) is 3.74. The van der Waals surface area contributed by atoms with Crippen molar-refractivity contribution in [3.63, 3.8) is 0 Å². The summed E-state index contributed by atoms with van der Waals surface area (Å²) in [5, 5.41) is 4.21. The van der Waals surface area contributed by atoms with Gasteiger partial charge in [-0.15, -0.1) is 11.6 Å². The van der Waals surface area contributed by atoms with Crippen LogP contribution in [0, 0.1) is 6.92 Å². The van der Waals surface area contributed by atoms with Gasteiger partial charge in [0.15, 0.2) is 0 Å². The number of rotatable bonds is 5. The van der Waals surface area contributed by atoms with Crippen LogP contribution in [0.1, 0.15) is 24.5 Å². The highest BCUT2D eigenvalue weighted by molar-refractivity contribution is 6.31. The van der Waals surface area contributed by atoms with Gasteiger partial charge in [-0.2, -0.15) is 0 Å². The van der Waals surface area contributed by atoms with Crippen molar-refractivity contribution in [1.82, 2.24) is 5.32 Å². The van der Waals surface area contributed by atoms with Crippen LogP contribution < -0.4 is 5.32 Å². The molecule has 0 aliphatic heterocycles. The van der Waals surface area contributed by atoms with Crippen LogP contribution in [0.5, 0.6) is 0 Å². The molecule has 0 spiro atoms. The van der Waals surface area contributed by atoms with E-state index in [1.54, 1.807) is 0 Å². The summed E-state index contributed by atoms with van der Waals surface area (Å²) >= 11 is 11.9. The van der Waals surface area contributed by atoms with Crippen molar-refractivity contribution in [1.29, 1.82) is 0 Å². The predicted octanol–water partition coefficient (Wildman–Crippen LogP) is 3.76.